The van der Waals surface area contributed by atoms with E-state index < -0.39 is 41.5 Å². The lowest BCUT2D eigenvalue weighted by atomic mass is 9.70. The second-order valence-corrected chi connectivity index (χ2v) is 11.5. The van der Waals surface area contributed by atoms with Gasteiger partial charge in [-0.1, -0.05) is 64.5 Å². The smallest absolute Gasteiger partial charge is 0.250 e. The minimum atomic E-state index is -1.20. The summed E-state index contributed by atoms with van der Waals surface area (Å²) in [7, 11) is 0. The molecule has 2 bridgehead atoms. The summed E-state index contributed by atoms with van der Waals surface area (Å²) in [5, 5.41) is 17.9. The Kier molecular flexibility index (Phi) is 6.25. The summed E-state index contributed by atoms with van der Waals surface area (Å²) in [4.78, 5) is 42.6. The summed E-state index contributed by atoms with van der Waals surface area (Å²) in [5.41, 5.74) is 0.0230. The number of likely N-dealkylation sites (tertiary alicyclic amines) is 1. The molecule has 3 aromatic carbocycles. The number of hydrogen-bond acceptors (Lipinski definition) is 5. The molecule has 3 saturated heterocycles. The third-order valence-electron chi connectivity index (χ3n) is 8.08. The van der Waals surface area contributed by atoms with Gasteiger partial charge in [-0.3, -0.25) is 14.4 Å². The maximum absolute atomic E-state index is 13.9. The number of amides is 3. The van der Waals surface area contributed by atoms with E-state index in [2.05, 4.69) is 26.6 Å². The van der Waals surface area contributed by atoms with E-state index in [1.54, 1.807) is 19.1 Å². The summed E-state index contributed by atoms with van der Waals surface area (Å²) >= 11 is 3.67. The first-order valence-corrected chi connectivity index (χ1v) is 13.7. The van der Waals surface area contributed by atoms with Crippen molar-refractivity contribution in [2.24, 2.45) is 11.8 Å². The van der Waals surface area contributed by atoms with E-state index in [1.807, 2.05) is 60.7 Å². The van der Waals surface area contributed by atoms with Crippen LogP contribution in [0.4, 0.5) is 11.4 Å². The van der Waals surface area contributed by atoms with Crippen LogP contribution >= 0.6 is 15.9 Å². The number of halogens is 1. The van der Waals surface area contributed by atoms with Crippen molar-refractivity contribution in [2.75, 3.05) is 17.2 Å². The van der Waals surface area contributed by atoms with E-state index in [9.17, 15) is 19.5 Å². The number of alkyl halides is 1. The first-order valence-electron chi connectivity index (χ1n) is 12.7. The first kappa shape index (κ1) is 25.0. The van der Waals surface area contributed by atoms with Crippen molar-refractivity contribution in [2.45, 2.75) is 42.0 Å². The van der Waals surface area contributed by atoms with Gasteiger partial charge in [-0.05, 0) is 48.4 Å². The quantitative estimate of drug-likeness (QED) is 0.388. The molecule has 0 saturated carbocycles. The average Bonchev–Trinajstić information content (AvgIpc) is 3.52. The lowest BCUT2D eigenvalue weighted by Crippen LogP contribution is -2.56. The Morgan fingerprint density at radius 1 is 1.03 bits per heavy atom. The number of nitrogens with one attached hydrogen (secondary N) is 2. The number of benzene rings is 3. The summed E-state index contributed by atoms with van der Waals surface area (Å²) in [6.45, 7) is 1.37. The van der Waals surface area contributed by atoms with Crippen LogP contribution in [0.5, 0.6) is 0 Å². The van der Waals surface area contributed by atoms with Crippen molar-refractivity contribution >= 4 is 55.8 Å². The monoisotopic (exact) mass is 577 g/mol. The summed E-state index contributed by atoms with van der Waals surface area (Å²) in [6, 6.07) is 20.9. The third kappa shape index (κ3) is 3.83. The van der Waals surface area contributed by atoms with Gasteiger partial charge in [0, 0.05) is 16.2 Å². The Labute approximate surface area is 228 Å². The van der Waals surface area contributed by atoms with Crippen LogP contribution in [-0.2, 0) is 19.1 Å². The highest BCUT2D eigenvalue weighted by Gasteiger charge is 2.76. The number of ether oxygens (including phenoxy) is 1. The summed E-state index contributed by atoms with van der Waals surface area (Å²) in [6.07, 6.45) is -0.164. The molecule has 196 valence electrons. The average molecular weight is 578 g/mol. The molecule has 9 heteroatoms. The Hall–Kier alpha value is -3.27. The maximum Gasteiger partial charge on any atom is 0.250 e. The highest BCUT2D eigenvalue weighted by atomic mass is 79.9. The van der Waals surface area contributed by atoms with Gasteiger partial charge in [0.05, 0.1) is 30.6 Å². The number of fused-ring (bicyclic) bond motifs is 2. The predicted molar refractivity (Wildman–Crippen MR) is 147 cm³/mol. The van der Waals surface area contributed by atoms with Crippen LogP contribution in [0.15, 0.2) is 72.8 Å². The summed E-state index contributed by atoms with van der Waals surface area (Å²) in [5.74, 6) is -2.70. The van der Waals surface area contributed by atoms with Gasteiger partial charge in [0.1, 0.15) is 11.6 Å². The van der Waals surface area contributed by atoms with E-state index in [-0.39, 0.29) is 23.2 Å². The molecule has 3 fully saturated rings. The van der Waals surface area contributed by atoms with Crippen molar-refractivity contribution in [3.8, 4) is 0 Å². The van der Waals surface area contributed by atoms with Gasteiger partial charge in [-0.2, -0.15) is 0 Å². The second-order valence-electron chi connectivity index (χ2n) is 10.3. The van der Waals surface area contributed by atoms with Crippen molar-refractivity contribution < 1.29 is 24.2 Å². The second kappa shape index (κ2) is 9.48. The fourth-order valence-corrected chi connectivity index (χ4v) is 7.40. The number of hydrogen-bond donors (Lipinski definition) is 3. The molecule has 3 aliphatic rings. The Bertz CT molecular complexity index is 1420. The number of carbonyl (C=O) groups is 3. The van der Waals surface area contributed by atoms with Crippen LogP contribution < -0.4 is 10.6 Å². The molecule has 3 amide bonds. The van der Waals surface area contributed by atoms with Gasteiger partial charge in [-0.15, -0.1) is 0 Å². The fourth-order valence-electron chi connectivity index (χ4n) is 6.45. The predicted octanol–water partition coefficient (Wildman–Crippen LogP) is 3.55. The minimum Gasteiger partial charge on any atom is -0.394 e. The molecule has 3 aromatic rings. The van der Waals surface area contributed by atoms with E-state index in [1.165, 1.54) is 4.90 Å². The molecule has 3 unspecified atom stereocenters. The lowest BCUT2D eigenvalue weighted by Gasteiger charge is -2.35. The van der Waals surface area contributed by atoms with Gasteiger partial charge in [0.2, 0.25) is 17.7 Å². The molecule has 3 N–H and O–H groups in total. The normalized spacial score (nSPS) is 30.3. The zero-order valence-electron chi connectivity index (χ0n) is 20.7. The highest BCUT2D eigenvalue weighted by Crippen LogP contribution is 2.60. The van der Waals surface area contributed by atoms with Gasteiger partial charge >= 0.3 is 0 Å². The fraction of sp³-hybridized carbons (Fsp3) is 0.345. The van der Waals surface area contributed by atoms with Crippen molar-refractivity contribution in [3.05, 3.63) is 72.8 Å². The largest absolute Gasteiger partial charge is 0.394 e. The number of nitrogens with zero attached hydrogens (tertiary/aromatic N) is 1. The number of anilines is 2. The van der Waals surface area contributed by atoms with Crippen molar-refractivity contribution in [1.29, 1.82) is 0 Å². The topological polar surface area (TPSA) is 108 Å². The Morgan fingerprint density at radius 2 is 1.71 bits per heavy atom. The van der Waals surface area contributed by atoms with Gasteiger partial charge in [0.15, 0.2) is 0 Å². The number of rotatable bonds is 6. The number of carbonyl (C=O) groups excluding carboxylic acids is 3. The SMILES string of the molecule is C[C@H](CO)N1C(=O)[C@@H]2[C@@H](C(=O)Nc3ccccc3)[C@@H]3OC2(CC3Br)C1C(=O)Nc1ccc2ccccc2c1. The zero-order valence-corrected chi connectivity index (χ0v) is 22.3. The van der Waals surface area contributed by atoms with Crippen LogP contribution in [0.3, 0.4) is 0 Å². The molecule has 38 heavy (non-hydrogen) atoms. The molecule has 3 aliphatic heterocycles. The van der Waals surface area contributed by atoms with E-state index in [4.69, 9.17) is 4.74 Å². The summed E-state index contributed by atoms with van der Waals surface area (Å²) < 4.78 is 6.49. The Balaban J connectivity index is 1.35. The molecule has 0 radical (unpaired) electrons. The number of para-hydroxylation sites is 1. The van der Waals surface area contributed by atoms with E-state index >= 15 is 0 Å². The van der Waals surface area contributed by atoms with Gasteiger partial charge in [0.25, 0.3) is 0 Å². The molecule has 0 aliphatic carbocycles. The Morgan fingerprint density at radius 3 is 2.45 bits per heavy atom. The molecule has 6 rings (SSSR count). The molecule has 8 nitrogen and oxygen atoms in total. The van der Waals surface area contributed by atoms with Gasteiger partial charge < -0.3 is 25.4 Å². The molecular weight excluding hydrogens is 550 g/mol. The zero-order chi connectivity index (χ0) is 26.6. The van der Waals surface area contributed by atoms with E-state index in [0.29, 0.717) is 17.8 Å². The van der Waals surface area contributed by atoms with Crippen LogP contribution in [0.25, 0.3) is 10.8 Å². The molecule has 3 heterocycles. The highest BCUT2D eigenvalue weighted by molar-refractivity contribution is 9.09. The molecule has 1 spiro atoms. The van der Waals surface area contributed by atoms with Crippen LogP contribution in [0.2, 0.25) is 0 Å². The van der Waals surface area contributed by atoms with E-state index in [0.717, 1.165) is 10.8 Å². The number of aliphatic hydroxyl groups excluding tert-OH is 1. The van der Waals surface area contributed by atoms with Crippen LogP contribution in [-0.4, -0.2) is 63.0 Å². The van der Waals surface area contributed by atoms with Crippen LogP contribution in [0.1, 0.15) is 13.3 Å². The molecule has 0 aromatic heterocycles. The number of aliphatic hydroxyl groups is 1. The third-order valence-corrected chi connectivity index (χ3v) is 8.92. The van der Waals surface area contributed by atoms with Crippen molar-refractivity contribution in [3.63, 3.8) is 0 Å². The molecule has 7 atom stereocenters. The standard InChI is InChI=1S/C29H28BrN3O5/c1-16(15-34)33-25(27(36)32-20-12-11-17-7-5-6-8-18(17)13-20)29-14-21(30)24(38-29)22(23(29)28(33)37)26(35)31-19-9-3-2-4-10-19/h2-13,16,21-25,34H,14-15H2,1H3,(H,31,35)(H,32,36)/t16-,21?,22-,23+,24-,25?,29?/m1/s1. The van der Waals surface area contributed by atoms with Gasteiger partial charge in [-0.25, -0.2) is 0 Å². The maximum atomic E-state index is 13.9. The van der Waals surface area contributed by atoms with Crippen LogP contribution in [0, 0.1) is 11.8 Å². The minimum absolute atomic E-state index is 0.210. The molecular formula is C29H28BrN3O5. The lowest BCUT2D eigenvalue weighted by molar-refractivity contribution is -0.142. The first-order chi connectivity index (χ1) is 18.3. The van der Waals surface area contributed by atoms with Crippen molar-refractivity contribution in [1.82, 2.24) is 4.90 Å².